The summed E-state index contributed by atoms with van der Waals surface area (Å²) in [5.41, 5.74) is 6.48. The number of carbonyl (C=O) groups excluding carboxylic acids is 1. The van der Waals surface area contributed by atoms with E-state index in [0.717, 1.165) is 59.8 Å². The number of aryl methyl sites for hydroxylation is 1. The van der Waals surface area contributed by atoms with Gasteiger partial charge in [0.25, 0.3) is 0 Å². The SMILES string of the molecule is CCc1ccc(-c2nc([C@@H]3CCCN(C(=O)Nc4ccc(N(C)C)cc4)C3)n3ccccc23)cc1. The van der Waals surface area contributed by atoms with Crippen LogP contribution >= 0.6 is 0 Å². The molecule has 2 aromatic carbocycles. The largest absolute Gasteiger partial charge is 0.378 e. The van der Waals surface area contributed by atoms with Crippen molar-refractivity contribution in [2.45, 2.75) is 32.1 Å². The molecule has 0 saturated carbocycles. The monoisotopic (exact) mass is 467 g/mol. The molecule has 1 aliphatic heterocycles. The fraction of sp³-hybridized carbons (Fsp3) is 0.310. The van der Waals surface area contributed by atoms with Crippen LogP contribution < -0.4 is 10.2 Å². The van der Waals surface area contributed by atoms with Crippen LogP contribution in [0.3, 0.4) is 0 Å². The van der Waals surface area contributed by atoms with Crippen LogP contribution in [-0.4, -0.2) is 47.5 Å². The van der Waals surface area contributed by atoms with Gasteiger partial charge in [-0.05, 0) is 61.2 Å². The molecule has 4 aromatic rings. The van der Waals surface area contributed by atoms with E-state index in [9.17, 15) is 4.79 Å². The van der Waals surface area contributed by atoms with Gasteiger partial charge in [-0.3, -0.25) is 0 Å². The molecular weight excluding hydrogens is 434 g/mol. The van der Waals surface area contributed by atoms with Crippen molar-refractivity contribution in [3.8, 4) is 11.3 Å². The lowest BCUT2D eigenvalue weighted by molar-refractivity contribution is 0.191. The summed E-state index contributed by atoms with van der Waals surface area (Å²) < 4.78 is 2.20. The normalized spacial score (nSPS) is 15.9. The Balaban J connectivity index is 1.37. The average molecular weight is 468 g/mol. The lowest BCUT2D eigenvalue weighted by Crippen LogP contribution is -2.42. The second-order valence-electron chi connectivity index (χ2n) is 9.48. The van der Waals surface area contributed by atoms with Gasteiger partial charge in [0.05, 0.1) is 11.2 Å². The molecule has 1 saturated heterocycles. The van der Waals surface area contributed by atoms with Crippen LogP contribution in [0.4, 0.5) is 16.2 Å². The molecule has 0 spiro atoms. The number of pyridine rings is 1. The third kappa shape index (κ3) is 4.74. The number of nitrogens with zero attached hydrogens (tertiary/aromatic N) is 4. The van der Waals surface area contributed by atoms with Gasteiger partial charge in [0.15, 0.2) is 0 Å². The van der Waals surface area contributed by atoms with E-state index in [4.69, 9.17) is 4.98 Å². The zero-order chi connectivity index (χ0) is 24.4. The van der Waals surface area contributed by atoms with Crippen LogP contribution in [0, 0.1) is 0 Å². The van der Waals surface area contributed by atoms with E-state index in [2.05, 4.69) is 59.2 Å². The smallest absolute Gasteiger partial charge is 0.321 e. The van der Waals surface area contributed by atoms with E-state index in [0.29, 0.717) is 6.54 Å². The van der Waals surface area contributed by atoms with Crippen molar-refractivity contribution >= 4 is 22.9 Å². The summed E-state index contributed by atoms with van der Waals surface area (Å²) in [5, 5.41) is 3.07. The highest BCUT2D eigenvalue weighted by molar-refractivity contribution is 5.89. The summed E-state index contributed by atoms with van der Waals surface area (Å²) in [7, 11) is 4.01. The first kappa shape index (κ1) is 23.0. The number of imidazole rings is 1. The van der Waals surface area contributed by atoms with Crippen molar-refractivity contribution in [3.63, 3.8) is 0 Å². The van der Waals surface area contributed by atoms with E-state index < -0.39 is 0 Å². The summed E-state index contributed by atoms with van der Waals surface area (Å²) >= 11 is 0. The predicted octanol–water partition coefficient (Wildman–Crippen LogP) is 6.04. The molecule has 0 aliphatic carbocycles. The van der Waals surface area contributed by atoms with E-state index in [1.54, 1.807) is 0 Å². The minimum atomic E-state index is -0.0523. The molecule has 0 bridgehead atoms. The number of fused-ring (bicyclic) bond motifs is 1. The summed E-state index contributed by atoms with van der Waals surface area (Å²) in [6.07, 6.45) is 5.09. The molecule has 2 aromatic heterocycles. The minimum absolute atomic E-state index is 0.0523. The Bertz CT molecular complexity index is 1310. The fourth-order valence-electron chi connectivity index (χ4n) is 4.88. The lowest BCUT2D eigenvalue weighted by atomic mass is 9.97. The molecule has 1 aliphatic rings. The van der Waals surface area contributed by atoms with Crippen molar-refractivity contribution in [2.75, 3.05) is 37.4 Å². The maximum absolute atomic E-state index is 13.1. The first-order chi connectivity index (χ1) is 17.0. The number of likely N-dealkylation sites (tertiary alicyclic amines) is 1. The molecule has 3 heterocycles. The molecule has 0 unspecified atom stereocenters. The third-order valence-electron chi connectivity index (χ3n) is 6.92. The molecule has 1 N–H and O–H groups in total. The van der Waals surface area contributed by atoms with Crippen LogP contribution in [-0.2, 0) is 6.42 Å². The van der Waals surface area contributed by atoms with Crippen LogP contribution in [0.15, 0.2) is 72.9 Å². The van der Waals surface area contributed by atoms with Crippen molar-refractivity contribution < 1.29 is 4.79 Å². The van der Waals surface area contributed by atoms with E-state index in [-0.39, 0.29) is 11.9 Å². The van der Waals surface area contributed by atoms with Gasteiger partial charge >= 0.3 is 6.03 Å². The average Bonchev–Trinajstić information content (AvgIpc) is 3.29. The van der Waals surface area contributed by atoms with Gasteiger partial charge in [0.2, 0.25) is 0 Å². The van der Waals surface area contributed by atoms with Gasteiger partial charge in [0.1, 0.15) is 5.82 Å². The summed E-state index contributed by atoms with van der Waals surface area (Å²) in [6, 6.07) is 22.8. The highest BCUT2D eigenvalue weighted by Crippen LogP contribution is 2.32. The first-order valence-electron chi connectivity index (χ1n) is 12.4. The van der Waals surface area contributed by atoms with Crippen LogP contribution in [0.25, 0.3) is 16.8 Å². The number of hydrogen-bond acceptors (Lipinski definition) is 3. The van der Waals surface area contributed by atoms with Gasteiger partial charge in [-0.2, -0.15) is 0 Å². The lowest BCUT2D eigenvalue weighted by Gasteiger charge is -2.32. The molecule has 35 heavy (non-hydrogen) atoms. The number of piperidine rings is 1. The molecule has 6 nitrogen and oxygen atoms in total. The maximum atomic E-state index is 13.1. The number of anilines is 2. The number of rotatable bonds is 5. The predicted molar refractivity (Wildman–Crippen MR) is 143 cm³/mol. The Morgan fingerprint density at radius 1 is 1.06 bits per heavy atom. The van der Waals surface area contributed by atoms with Gasteiger partial charge < -0.3 is 19.5 Å². The Labute approximate surface area is 207 Å². The van der Waals surface area contributed by atoms with Crippen molar-refractivity contribution in [1.82, 2.24) is 14.3 Å². The Kier molecular flexibility index (Phi) is 6.45. The quantitative estimate of drug-likeness (QED) is 0.389. The molecule has 1 fully saturated rings. The molecule has 1 atom stereocenters. The number of benzene rings is 2. The van der Waals surface area contributed by atoms with Gasteiger partial charge in [-0.1, -0.05) is 37.3 Å². The number of carbonyl (C=O) groups is 1. The molecule has 2 amide bonds. The number of urea groups is 1. The molecule has 5 rings (SSSR count). The van der Waals surface area contributed by atoms with E-state index in [1.807, 2.05) is 54.2 Å². The zero-order valence-corrected chi connectivity index (χ0v) is 20.7. The van der Waals surface area contributed by atoms with Gasteiger partial charge in [0, 0.05) is 56.2 Å². The van der Waals surface area contributed by atoms with Crippen molar-refractivity contribution in [2.24, 2.45) is 0 Å². The van der Waals surface area contributed by atoms with E-state index >= 15 is 0 Å². The molecule has 180 valence electrons. The third-order valence-corrected chi connectivity index (χ3v) is 6.92. The molecule has 6 heteroatoms. The molecule has 0 radical (unpaired) electrons. The summed E-state index contributed by atoms with van der Waals surface area (Å²) in [4.78, 5) is 22.2. The maximum Gasteiger partial charge on any atom is 0.321 e. The van der Waals surface area contributed by atoms with Crippen molar-refractivity contribution in [3.05, 3.63) is 84.3 Å². The van der Waals surface area contributed by atoms with Crippen LogP contribution in [0.1, 0.15) is 37.1 Å². The van der Waals surface area contributed by atoms with Crippen LogP contribution in [0.5, 0.6) is 0 Å². The van der Waals surface area contributed by atoms with E-state index in [1.165, 1.54) is 5.56 Å². The highest BCUT2D eigenvalue weighted by atomic mass is 16.2. The fourth-order valence-corrected chi connectivity index (χ4v) is 4.88. The van der Waals surface area contributed by atoms with Gasteiger partial charge in [-0.15, -0.1) is 0 Å². The number of hydrogen-bond donors (Lipinski definition) is 1. The minimum Gasteiger partial charge on any atom is -0.378 e. The topological polar surface area (TPSA) is 52.9 Å². The summed E-state index contributed by atoms with van der Waals surface area (Å²) in [5.74, 6) is 1.21. The van der Waals surface area contributed by atoms with Crippen molar-refractivity contribution in [1.29, 1.82) is 0 Å². The van der Waals surface area contributed by atoms with Gasteiger partial charge in [-0.25, -0.2) is 9.78 Å². The Morgan fingerprint density at radius 2 is 1.83 bits per heavy atom. The number of nitrogens with one attached hydrogen (secondary N) is 1. The standard InChI is InChI=1S/C29H33N5O/c1-4-21-10-12-22(13-11-21)27-26-9-5-6-19-34(26)28(31-27)23-8-7-18-33(20-23)29(35)30-24-14-16-25(17-15-24)32(2)3/h5-6,9-17,19,23H,4,7-8,18,20H2,1-3H3,(H,30,35)/t23-/m1/s1. The second kappa shape index (κ2) is 9.82. The highest BCUT2D eigenvalue weighted by Gasteiger charge is 2.28. The summed E-state index contributed by atoms with van der Waals surface area (Å²) in [6.45, 7) is 3.58. The first-order valence-corrected chi connectivity index (χ1v) is 12.4. The Hall–Kier alpha value is -3.80. The Morgan fingerprint density at radius 3 is 2.54 bits per heavy atom. The van der Waals surface area contributed by atoms with Crippen LogP contribution in [0.2, 0.25) is 0 Å². The zero-order valence-electron chi connectivity index (χ0n) is 20.7. The second-order valence-corrected chi connectivity index (χ2v) is 9.48. The molecular formula is C29H33N5O. The number of aromatic nitrogens is 2. The number of amides is 2.